The molecule has 5 aliphatic heterocycles. The van der Waals surface area contributed by atoms with E-state index in [2.05, 4.69) is 37.3 Å². The molecule has 5 atom stereocenters. The topological polar surface area (TPSA) is 222 Å². The second-order valence-corrected chi connectivity index (χ2v) is 25.3. The van der Waals surface area contributed by atoms with Crippen LogP contribution >= 0.6 is 34.7 Å². The molecule has 6 aliphatic rings. The Morgan fingerprint density at radius 2 is 1.73 bits per heavy atom. The van der Waals surface area contributed by atoms with Crippen LogP contribution < -0.4 is 30.9 Å². The van der Waals surface area contributed by atoms with Crippen LogP contribution in [0, 0.1) is 23.7 Å². The number of carbonyl (C=O) groups excluding carboxylic acids is 4. The van der Waals surface area contributed by atoms with Crippen molar-refractivity contribution in [1.29, 1.82) is 0 Å². The summed E-state index contributed by atoms with van der Waals surface area (Å²) in [6.07, 6.45) is 9.03. The molecule has 1 spiro atoms. The van der Waals surface area contributed by atoms with Gasteiger partial charge < -0.3 is 50.5 Å². The van der Waals surface area contributed by atoms with Crippen molar-refractivity contribution >= 4 is 70.0 Å². The number of hydrogen-bond acceptors (Lipinski definition) is 16. The van der Waals surface area contributed by atoms with Crippen molar-refractivity contribution in [3.05, 3.63) is 64.6 Å². The lowest BCUT2D eigenvalue weighted by Crippen LogP contribution is -2.59. The number of hydrogen-bond donors (Lipinski definition) is 4. The van der Waals surface area contributed by atoms with Crippen LogP contribution in [0.1, 0.15) is 96.7 Å². The number of β-amino-alcohol motifs (C(OH)–C–C–N with tert-alkyl or cyclic N) is 1. The molecular formula is C55H71ClFN11O7S2. The second kappa shape index (κ2) is 22.5. The van der Waals surface area contributed by atoms with Crippen LogP contribution in [-0.2, 0) is 30.5 Å². The Hall–Kier alpha value is -5.19. The van der Waals surface area contributed by atoms with E-state index in [-0.39, 0.29) is 67.8 Å². The lowest BCUT2D eigenvalue weighted by Gasteiger charge is -2.41. The number of carbonyl (C=O) groups is 4. The number of thiazole rings is 1. The maximum atomic E-state index is 14.7. The molecule has 3 aromatic heterocycles. The van der Waals surface area contributed by atoms with Crippen molar-refractivity contribution in [3.8, 4) is 16.2 Å². The van der Waals surface area contributed by atoms with Crippen molar-refractivity contribution in [2.24, 2.45) is 22.5 Å². The number of alkyl halides is 1. The number of pyridine rings is 1. The first-order valence-electron chi connectivity index (χ1n) is 27.1. The van der Waals surface area contributed by atoms with Crippen molar-refractivity contribution in [1.82, 2.24) is 40.4 Å². The predicted molar refractivity (Wildman–Crippen MR) is 293 cm³/mol. The molecule has 6 fully saturated rings. The van der Waals surface area contributed by atoms with Gasteiger partial charge in [-0.1, -0.05) is 56.3 Å². The number of nitrogens with two attached hydrogens (primary N) is 1. The third-order valence-corrected chi connectivity index (χ3v) is 19.1. The summed E-state index contributed by atoms with van der Waals surface area (Å²) in [5.41, 5.74) is 8.11. The molecule has 18 nitrogen and oxygen atoms in total. The average molecular weight is 1120 g/mol. The van der Waals surface area contributed by atoms with Crippen molar-refractivity contribution in [2.75, 3.05) is 62.2 Å². The van der Waals surface area contributed by atoms with Crippen molar-refractivity contribution in [3.63, 3.8) is 0 Å². The molecule has 8 heterocycles. The molecule has 4 aromatic rings. The highest BCUT2D eigenvalue weighted by molar-refractivity contribution is 7.99. The normalized spacial score (nSPS) is 24.0. The molecular weight excluding hydrogens is 1050 g/mol. The Bertz CT molecular complexity index is 2810. The number of aryl methyl sites for hydroxylation is 1. The Morgan fingerprint density at radius 3 is 2.36 bits per heavy atom. The van der Waals surface area contributed by atoms with E-state index in [1.807, 2.05) is 42.3 Å². The lowest BCUT2D eigenvalue weighted by molar-refractivity contribution is -0.145. The summed E-state index contributed by atoms with van der Waals surface area (Å²) in [6, 6.07) is 5.67. The van der Waals surface area contributed by atoms with E-state index >= 15 is 0 Å². The maximum absolute atomic E-state index is 14.7. The van der Waals surface area contributed by atoms with Crippen LogP contribution in [0.25, 0.3) is 10.4 Å². The fourth-order valence-corrected chi connectivity index (χ4v) is 13.4. The second-order valence-electron chi connectivity index (χ2n) is 23.0. The number of nitrogens with one attached hydrogen (secondary N) is 2. The van der Waals surface area contributed by atoms with Crippen LogP contribution in [0.4, 0.5) is 16.0 Å². The summed E-state index contributed by atoms with van der Waals surface area (Å²) in [5, 5.41) is 17.6. The largest absolute Gasteiger partial charge is 0.490 e. The quantitative estimate of drug-likeness (QED) is 0.108. The molecule has 1 aliphatic carbocycles. The Kier molecular flexibility index (Phi) is 16.1. The van der Waals surface area contributed by atoms with Gasteiger partial charge in [0.1, 0.15) is 40.6 Å². The van der Waals surface area contributed by atoms with Crippen molar-refractivity contribution < 1.29 is 38.1 Å². The number of ether oxygens (including phenoxy) is 2. The lowest BCUT2D eigenvalue weighted by atomic mass is 9.73. The van der Waals surface area contributed by atoms with E-state index in [9.17, 15) is 28.7 Å². The highest BCUT2D eigenvalue weighted by atomic mass is 35.5. The van der Waals surface area contributed by atoms with Gasteiger partial charge in [-0.05, 0) is 75.5 Å². The Morgan fingerprint density at radius 1 is 0.987 bits per heavy atom. The molecule has 4 amide bonds. The van der Waals surface area contributed by atoms with E-state index in [0.29, 0.717) is 74.0 Å². The van der Waals surface area contributed by atoms with Crippen molar-refractivity contribution in [2.45, 2.75) is 151 Å². The van der Waals surface area contributed by atoms with Crippen LogP contribution in [-0.4, -0.2) is 153 Å². The number of rotatable bonds is 14. The van der Waals surface area contributed by atoms with Gasteiger partial charge in [-0.2, -0.15) is 0 Å². The molecule has 5 saturated heterocycles. The van der Waals surface area contributed by atoms with E-state index in [4.69, 9.17) is 36.8 Å². The first kappa shape index (κ1) is 55.1. The average Bonchev–Trinajstić information content (AvgIpc) is 3.69. The highest BCUT2D eigenvalue weighted by Crippen LogP contribution is 2.44. The van der Waals surface area contributed by atoms with Crippen LogP contribution in [0.5, 0.6) is 5.75 Å². The summed E-state index contributed by atoms with van der Waals surface area (Å²) >= 11 is 10.0. The zero-order chi connectivity index (χ0) is 54.4. The van der Waals surface area contributed by atoms with Gasteiger partial charge in [0.05, 0.1) is 52.3 Å². The Labute approximate surface area is 462 Å². The molecule has 0 radical (unpaired) electrons. The fourth-order valence-electron chi connectivity index (χ4n) is 11.5. The van der Waals surface area contributed by atoms with Gasteiger partial charge >= 0.3 is 0 Å². The number of aromatic nitrogens is 4. The van der Waals surface area contributed by atoms with Gasteiger partial charge in [-0.15, -0.1) is 11.3 Å². The van der Waals surface area contributed by atoms with Gasteiger partial charge in [0.15, 0.2) is 5.67 Å². The van der Waals surface area contributed by atoms with Gasteiger partial charge in [0.2, 0.25) is 17.7 Å². The number of piperidine rings is 3. The molecule has 1 aromatic carbocycles. The minimum Gasteiger partial charge on any atom is -0.490 e. The fraction of sp³-hybridized carbons (Fsp3) is 0.600. The standard InChI is InChI=1S/C55H71ClFN11O7S2/c1-32-45(76-31-63-32)35-6-7-36(26-62-49(70)39-25-37(69)29-68(39)51(72)47(53(3,4)5)64-52(73)55(57)13-14-55)40(24-35)75-38-11-20-67(21-12-38)50(71)34-9-18-66(19-10-34)48-44(56)41(8-17-59-48)77-43-28-60-42(27-61-43)65-22-15-54(16-23-65)30-74-33(2)46(54)58/h6-8,17,24,27-28,31,33-34,37-39,46-47,69H,9-16,18-23,25-26,29-30,58H2,1-5H3,(H,62,70)(H,64,73)/t33-,37+,39-,46+,47+/m0/s1. The number of aliphatic hydroxyl groups is 1. The van der Waals surface area contributed by atoms with E-state index in [1.54, 1.807) is 38.7 Å². The molecule has 77 heavy (non-hydrogen) atoms. The molecule has 0 bridgehead atoms. The SMILES string of the molecule is Cc1ncsc1-c1ccc(CNC(=O)[C@@H]2C[C@@H](O)CN2C(=O)[C@@H](NC(=O)C2(F)CC2)C(C)(C)C)c(OC2CCN(C(=O)C3CCN(c4nccc(Sc5cnc(N6CCC7(CC6)CO[C@@H](C)[C@H]7N)cn5)c4Cl)CC3)CC2)c1. The summed E-state index contributed by atoms with van der Waals surface area (Å²) in [5.74, 6) is 0.290. The summed E-state index contributed by atoms with van der Waals surface area (Å²) in [4.78, 5) is 83.0. The zero-order valence-electron chi connectivity index (χ0n) is 44.5. The minimum atomic E-state index is -1.98. The highest BCUT2D eigenvalue weighted by Gasteiger charge is 2.54. The van der Waals surface area contributed by atoms with Crippen LogP contribution in [0.15, 0.2) is 58.3 Å². The number of anilines is 2. The molecule has 1 saturated carbocycles. The summed E-state index contributed by atoms with van der Waals surface area (Å²) < 4.78 is 27.4. The first-order chi connectivity index (χ1) is 36.8. The molecule has 10 rings (SSSR count). The van der Waals surface area contributed by atoms with E-state index < -0.39 is 47.0 Å². The smallest absolute Gasteiger partial charge is 0.258 e. The minimum absolute atomic E-state index is 0.0121. The van der Waals surface area contributed by atoms with Gasteiger partial charge in [0.25, 0.3) is 5.91 Å². The van der Waals surface area contributed by atoms with Gasteiger partial charge in [0, 0.05) is 106 Å². The number of likely N-dealkylation sites (tertiary alicyclic amines) is 2. The predicted octanol–water partition coefficient (Wildman–Crippen LogP) is 6.34. The van der Waals surface area contributed by atoms with E-state index in [0.717, 1.165) is 64.4 Å². The zero-order valence-corrected chi connectivity index (χ0v) is 46.9. The molecule has 5 N–H and O–H groups in total. The molecule has 0 unspecified atom stereocenters. The van der Waals surface area contributed by atoms with Gasteiger partial charge in [-0.3, -0.25) is 19.2 Å². The third-order valence-electron chi connectivity index (χ3n) is 16.7. The van der Waals surface area contributed by atoms with Crippen LogP contribution in [0.2, 0.25) is 5.02 Å². The number of nitrogens with zero attached hydrogens (tertiary/aromatic N) is 8. The number of halogens is 2. The maximum Gasteiger partial charge on any atom is 0.258 e. The molecule has 22 heteroatoms. The first-order valence-corrected chi connectivity index (χ1v) is 29.1. The summed E-state index contributed by atoms with van der Waals surface area (Å²) in [6.45, 7) is 14.1. The number of benzene rings is 1. The monoisotopic (exact) mass is 1120 g/mol. The molecule has 414 valence electrons. The van der Waals surface area contributed by atoms with Gasteiger partial charge in [-0.25, -0.2) is 24.3 Å². The third kappa shape index (κ3) is 11.9. The summed E-state index contributed by atoms with van der Waals surface area (Å²) in [7, 11) is 0. The number of amides is 4. The van der Waals surface area contributed by atoms with E-state index in [1.165, 1.54) is 28.0 Å². The van der Waals surface area contributed by atoms with Crippen LogP contribution in [0.3, 0.4) is 0 Å². The number of aliphatic hydroxyl groups excluding tert-OH is 1. The Balaban J connectivity index is 0.721.